The van der Waals surface area contributed by atoms with Crippen LogP contribution in [0.5, 0.6) is 0 Å². The van der Waals surface area contributed by atoms with Crippen molar-refractivity contribution < 1.29 is 33.0 Å². The van der Waals surface area contributed by atoms with Crippen LogP contribution in [0.3, 0.4) is 0 Å². The molecule has 0 unspecified atom stereocenters. The van der Waals surface area contributed by atoms with Gasteiger partial charge in [0.2, 0.25) is 0 Å². The zero-order valence-corrected chi connectivity index (χ0v) is 8.96. The first-order valence-corrected chi connectivity index (χ1v) is 5.65. The van der Waals surface area contributed by atoms with Crippen LogP contribution in [0.15, 0.2) is 0 Å². The van der Waals surface area contributed by atoms with E-state index >= 15 is 0 Å². The quantitative estimate of drug-likeness (QED) is 0.558. The van der Waals surface area contributed by atoms with E-state index in [1.165, 1.54) is 4.33 Å². The third-order valence-electron chi connectivity index (χ3n) is 1.28. The van der Waals surface area contributed by atoms with Crippen LogP contribution in [0.4, 0.5) is 0 Å². The maximum atomic E-state index is 11.0. The van der Waals surface area contributed by atoms with Crippen molar-refractivity contribution in [2.45, 2.75) is 26.3 Å². The van der Waals surface area contributed by atoms with Crippen LogP contribution in [0.1, 0.15) is 20.3 Å². The van der Waals surface area contributed by atoms with Gasteiger partial charge in [0.05, 0.1) is 0 Å². The molecule has 0 fully saturated rings. The average molecular weight is 229 g/mol. The summed E-state index contributed by atoms with van der Waals surface area (Å²) >= 11 is -3.28. The van der Waals surface area contributed by atoms with Gasteiger partial charge in [-0.25, -0.2) is 0 Å². The number of nitrogens with one attached hydrogen (secondary N) is 1. The van der Waals surface area contributed by atoms with Crippen LogP contribution in [-0.4, -0.2) is 17.2 Å². The van der Waals surface area contributed by atoms with Crippen LogP contribution >= 0.6 is 0 Å². The monoisotopic (exact) mass is 229 g/mol. The summed E-state index contributed by atoms with van der Waals surface area (Å²) in [6.07, 6.45) is 0.465. The van der Waals surface area contributed by atoms with Gasteiger partial charge in [-0.3, -0.25) is 0 Å². The molecule has 0 saturated heterocycles. The first-order valence-electron chi connectivity index (χ1n) is 3.81. The molecule has 1 atom stereocenters. The Kier molecular flexibility index (Phi) is 6.10. The van der Waals surface area contributed by atoms with E-state index in [9.17, 15) is 8.47 Å². The number of rotatable bonds is 5. The Balaban J connectivity index is 3.89. The van der Waals surface area contributed by atoms with Gasteiger partial charge in [-0.05, 0) is 0 Å². The number of hydrogen-bond acceptors (Lipinski definition) is 5. The molecule has 0 aromatic rings. The standard InChI is InChI=1S/C6H13NO2.H2NO.O.V/c1-4(2)3-5(7)6(8)9;1-2;;/h4-5H,3,7H2,1-2H3,(H,8,9);1-2H;;/q;-1;;+2/p-1/t5-;;;/m0.../s1. The molecule has 0 amide bonds. The number of hydrogen-bond donors (Lipinski definition) is 3. The fraction of sp³-hybridized carbons (Fsp3) is 0.833. The molecule has 0 aliphatic heterocycles. The summed E-state index contributed by atoms with van der Waals surface area (Å²) in [5.74, 6) is -0.484. The molecule has 7 heteroatoms. The molecular weight excluding hydrogens is 215 g/mol. The fourth-order valence-electron chi connectivity index (χ4n) is 0.774. The van der Waals surface area contributed by atoms with Crippen LogP contribution < -0.4 is 10.1 Å². The molecule has 0 heterocycles. The number of carbonyl (C=O) groups excluding carboxylic acids is 1. The van der Waals surface area contributed by atoms with Crippen LogP contribution in [0, 0.1) is 5.92 Å². The van der Waals surface area contributed by atoms with E-state index in [-0.39, 0.29) is 5.92 Å². The first-order chi connectivity index (χ1) is 5.97. The van der Waals surface area contributed by atoms with Crippen molar-refractivity contribution in [3.63, 3.8) is 0 Å². The summed E-state index contributed by atoms with van der Waals surface area (Å²) in [5.41, 5.74) is 5.42. The summed E-state index contributed by atoms with van der Waals surface area (Å²) in [5, 5.41) is 8.13. The molecule has 4 N–H and O–H groups in total. The van der Waals surface area contributed by atoms with E-state index in [1.807, 2.05) is 13.8 Å². The second kappa shape index (κ2) is 6.23. The van der Waals surface area contributed by atoms with Gasteiger partial charge in [0.1, 0.15) is 0 Å². The molecule has 0 aromatic heterocycles. The fourth-order valence-corrected chi connectivity index (χ4v) is 1.30. The Labute approximate surface area is 81.8 Å². The summed E-state index contributed by atoms with van der Waals surface area (Å²) in [7, 11) is 0. The van der Waals surface area contributed by atoms with Gasteiger partial charge < -0.3 is 0 Å². The zero-order valence-electron chi connectivity index (χ0n) is 7.56. The zero-order chi connectivity index (χ0) is 10.4. The van der Waals surface area contributed by atoms with Gasteiger partial charge in [0, 0.05) is 0 Å². The SMILES string of the molecule is CC(C)C[C@H](N)C(=O)[O][V](=[O])[NH]O. The summed E-state index contributed by atoms with van der Waals surface area (Å²) < 4.78 is 16.3. The molecule has 0 bridgehead atoms. The van der Waals surface area contributed by atoms with Gasteiger partial charge >= 0.3 is 81.3 Å². The number of nitrogens with two attached hydrogens (primary N) is 1. The molecule has 0 saturated carbocycles. The Morgan fingerprint density at radius 2 is 2.23 bits per heavy atom. The average Bonchev–Trinajstić information content (AvgIpc) is 2.02. The van der Waals surface area contributed by atoms with Crippen molar-refractivity contribution in [1.82, 2.24) is 4.33 Å². The summed E-state index contributed by atoms with van der Waals surface area (Å²) in [4.78, 5) is 11.0. The van der Waals surface area contributed by atoms with Crippen molar-refractivity contribution in [1.29, 1.82) is 0 Å². The molecule has 77 valence electrons. The van der Waals surface area contributed by atoms with Crippen molar-refractivity contribution in [3.05, 3.63) is 0 Å². The van der Waals surface area contributed by atoms with E-state index in [0.29, 0.717) is 6.42 Å². The van der Waals surface area contributed by atoms with Crippen LogP contribution in [0.25, 0.3) is 0 Å². The second-order valence-corrected chi connectivity index (χ2v) is 4.40. The summed E-state index contributed by atoms with van der Waals surface area (Å²) in [6, 6.07) is -0.779. The van der Waals surface area contributed by atoms with Gasteiger partial charge in [-0.15, -0.1) is 0 Å². The van der Waals surface area contributed by atoms with Gasteiger partial charge in [-0.1, -0.05) is 0 Å². The molecule has 0 spiro atoms. The number of carbonyl (C=O) groups is 1. The Morgan fingerprint density at radius 1 is 1.69 bits per heavy atom. The molecule has 0 aromatic carbocycles. The molecule has 6 nitrogen and oxygen atoms in total. The van der Waals surface area contributed by atoms with Gasteiger partial charge in [-0.2, -0.15) is 0 Å². The molecule has 13 heavy (non-hydrogen) atoms. The van der Waals surface area contributed by atoms with E-state index in [0.717, 1.165) is 0 Å². The van der Waals surface area contributed by atoms with Crippen LogP contribution in [0.2, 0.25) is 0 Å². The minimum absolute atomic E-state index is 0.261. The van der Waals surface area contributed by atoms with E-state index in [1.54, 1.807) is 0 Å². The van der Waals surface area contributed by atoms with Crippen molar-refractivity contribution in [2.75, 3.05) is 0 Å². The predicted octanol–water partition coefficient (Wildman–Crippen LogP) is -0.324. The Morgan fingerprint density at radius 3 is 2.62 bits per heavy atom. The van der Waals surface area contributed by atoms with Gasteiger partial charge in [0.25, 0.3) is 0 Å². The van der Waals surface area contributed by atoms with Gasteiger partial charge in [0.15, 0.2) is 0 Å². The predicted molar refractivity (Wildman–Crippen MR) is 39.1 cm³/mol. The van der Waals surface area contributed by atoms with Crippen molar-refractivity contribution in [2.24, 2.45) is 11.7 Å². The van der Waals surface area contributed by atoms with E-state index in [2.05, 4.69) is 3.66 Å². The van der Waals surface area contributed by atoms with Crippen molar-refractivity contribution in [3.8, 4) is 0 Å². The molecular formula is C6H14N2O4V. The Bertz CT molecular complexity index is 197. The summed E-state index contributed by atoms with van der Waals surface area (Å²) in [6.45, 7) is 3.81. The molecule has 0 radical (unpaired) electrons. The molecule has 0 rings (SSSR count). The first kappa shape index (κ1) is 12.7. The topological polar surface area (TPSA) is 102 Å². The second-order valence-electron chi connectivity index (χ2n) is 3.00. The van der Waals surface area contributed by atoms with E-state index < -0.39 is 27.7 Å². The Hall–Kier alpha value is -0.266. The van der Waals surface area contributed by atoms with E-state index in [4.69, 9.17) is 10.9 Å². The third kappa shape index (κ3) is 5.89. The van der Waals surface area contributed by atoms with Crippen LogP contribution in [-0.2, 0) is 27.8 Å². The molecule has 0 aliphatic rings. The maximum absolute atomic E-state index is 11.0. The van der Waals surface area contributed by atoms with Crippen molar-refractivity contribution >= 4 is 5.97 Å². The third-order valence-corrected chi connectivity index (χ3v) is 2.08. The normalized spacial score (nSPS) is 12.7. The molecule has 0 aliphatic carbocycles. The minimum atomic E-state index is -3.28.